The Balaban J connectivity index is 1.43. The molecule has 1 N–H and O–H groups in total. The summed E-state index contributed by atoms with van der Waals surface area (Å²) >= 11 is 0. The van der Waals surface area contributed by atoms with Gasteiger partial charge in [-0.1, -0.05) is 31.1 Å². The van der Waals surface area contributed by atoms with Crippen molar-refractivity contribution in [1.29, 1.82) is 0 Å². The summed E-state index contributed by atoms with van der Waals surface area (Å²) in [6, 6.07) is 8.45. The first-order valence-electron chi connectivity index (χ1n) is 13.2. The molecule has 0 radical (unpaired) electrons. The fraction of sp³-hybridized carbons (Fsp3) is 0.571. The average Bonchev–Trinajstić information content (AvgIpc) is 3.39. The summed E-state index contributed by atoms with van der Waals surface area (Å²) in [7, 11) is 1.74. The van der Waals surface area contributed by atoms with Gasteiger partial charge in [0.05, 0.1) is 19.2 Å². The molecule has 8 nitrogen and oxygen atoms in total. The maximum Gasteiger partial charge on any atom is 0.240 e. The maximum atomic E-state index is 13.8. The first-order valence-corrected chi connectivity index (χ1v) is 13.2. The summed E-state index contributed by atoms with van der Waals surface area (Å²) in [6.45, 7) is 12.1. The van der Waals surface area contributed by atoms with E-state index in [1.807, 2.05) is 13.0 Å². The summed E-state index contributed by atoms with van der Waals surface area (Å²) in [5.74, 6) is 1.55. The molecule has 0 spiro atoms. The molecule has 2 aliphatic rings. The summed E-state index contributed by atoms with van der Waals surface area (Å²) in [4.78, 5) is 18.2. The van der Waals surface area contributed by atoms with Crippen molar-refractivity contribution in [3.8, 4) is 0 Å². The monoisotopic (exact) mass is 493 g/mol. The van der Waals surface area contributed by atoms with E-state index in [9.17, 15) is 4.79 Å². The van der Waals surface area contributed by atoms with Gasteiger partial charge in [0.2, 0.25) is 5.91 Å². The standard InChI is InChI=1S/C28H39N5O3/c1-19(2)14-24-23-6-5-7-26-27(23)21(17-33(26)18-22-15-20(3)36-30-22)16-25(29-24)28(34)32-10-8-31(9-11-32)12-13-35-4/h5-7,15,17,19,24-25,29H,8-14,16,18H2,1-4H3/t24-,25-/m0/s1. The van der Waals surface area contributed by atoms with Crippen LogP contribution in [0.3, 0.4) is 0 Å². The van der Waals surface area contributed by atoms with E-state index < -0.39 is 0 Å². The fourth-order valence-corrected chi connectivity index (χ4v) is 5.78. The number of methoxy groups -OCH3 is 1. The van der Waals surface area contributed by atoms with Crippen molar-refractivity contribution in [2.75, 3.05) is 46.4 Å². The highest BCUT2D eigenvalue weighted by Crippen LogP contribution is 2.36. The van der Waals surface area contributed by atoms with Gasteiger partial charge in [-0.25, -0.2) is 0 Å². The number of ether oxygens (including phenoxy) is 1. The van der Waals surface area contributed by atoms with Gasteiger partial charge in [-0.05, 0) is 42.9 Å². The number of carbonyl (C=O) groups is 1. The summed E-state index contributed by atoms with van der Waals surface area (Å²) in [5, 5.41) is 9.29. The minimum absolute atomic E-state index is 0.136. The lowest BCUT2D eigenvalue weighted by atomic mass is 9.94. The molecule has 2 aromatic heterocycles. The number of carbonyl (C=O) groups excluding carboxylic acids is 1. The molecule has 1 fully saturated rings. The molecule has 8 heteroatoms. The second-order valence-electron chi connectivity index (χ2n) is 10.7. The van der Waals surface area contributed by atoms with Gasteiger partial charge in [-0.2, -0.15) is 0 Å². The number of hydrogen-bond acceptors (Lipinski definition) is 6. The van der Waals surface area contributed by atoms with Crippen molar-refractivity contribution < 1.29 is 14.1 Å². The van der Waals surface area contributed by atoms with Crippen molar-refractivity contribution in [2.45, 2.75) is 52.2 Å². The lowest BCUT2D eigenvalue weighted by Crippen LogP contribution is -2.55. The predicted molar refractivity (Wildman–Crippen MR) is 140 cm³/mol. The Morgan fingerprint density at radius 1 is 1.25 bits per heavy atom. The Bertz CT molecular complexity index is 1190. The number of aryl methyl sites for hydroxylation is 1. The molecular weight excluding hydrogens is 454 g/mol. The summed E-state index contributed by atoms with van der Waals surface area (Å²) < 4.78 is 12.8. The van der Waals surface area contributed by atoms with Crippen molar-refractivity contribution in [3.63, 3.8) is 0 Å². The van der Waals surface area contributed by atoms with Crippen LogP contribution in [0.4, 0.5) is 0 Å². The number of amides is 1. The highest BCUT2D eigenvalue weighted by molar-refractivity contribution is 5.90. The highest BCUT2D eigenvalue weighted by Gasteiger charge is 2.34. The fourth-order valence-electron chi connectivity index (χ4n) is 5.78. The van der Waals surface area contributed by atoms with Crippen LogP contribution < -0.4 is 5.32 Å². The first-order chi connectivity index (χ1) is 17.4. The normalized spacial score (nSPS) is 20.9. The van der Waals surface area contributed by atoms with Crippen molar-refractivity contribution in [2.24, 2.45) is 5.92 Å². The highest BCUT2D eigenvalue weighted by atomic mass is 16.5. The third kappa shape index (κ3) is 5.21. The number of aromatic nitrogens is 2. The van der Waals surface area contributed by atoms with Crippen LogP contribution in [0.1, 0.15) is 48.9 Å². The third-order valence-corrected chi connectivity index (χ3v) is 7.53. The minimum atomic E-state index is -0.236. The molecule has 5 rings (SSSR count). The van der Waals surface area contributed by atoms with Crippen LogP contribution >= 0.6 is 0 Å². The van der Waals surface area contributed by atoms with E-state index in [0.717, 1.165) is 57.2 Å². The van der Waals surface area contributed by atoms with Crippen LogP contribution in [-0.2, 0) is 22.5 Å². The Labute approximate surface area is 213 Å². The Kier molecular flexibility index (Phi) is 7.46. The van der Waals surface area contributed by atoms with Gasteiger partial charge in [0, 0.05) is 69.0 Å². The topological polar surface area (TPSA) is 75.8 Å². The molecule has 0 bridgehead atoms. The van der Waals surface area contributed by atoms with Crippen LogP contribution in [0.5, 0.6) is 0 Å². The minimum Gasteiger partial charge on any atom is -0.383 e. The molecular formula is C28H39N5O3. The van der Waals surface area contributed by atoms with Crippen LogP contribution in [0.25, 0.3) is 10.9 Å². The van der Waals surface area contributed by atoms with Crippen molar-refractivity contribution in [1.82, 2.24) is 24.8 Å². The second kappa shape index (κ2) is 10.7. The van der Waals surface area contributed by atoms with E-state index in [4.69, 9.17) is 9.26 Å². The zero-order valence-electron chi connectivity index (χ0n) is 22.0. The van der Waals surface area contributed by atoms with E-state index in [2.05, 4.69) is 63.1 Å². The molecule has 0 aliphatic carbocycles. The third-order valence-electron chi connectivity index (χ3n) is 7.53. The number of piperazine rings is 1. The molecule has 0 saturated carbocycles. The molecule has 3 aromatic rings. The largest absolute Gasteiger partial charge is 0.383 e. The molecule has 36 heavy (non-hydrogen) atoms. The number of nitrogens with one attached hydrogen (secondary N) is 1. The molecule has 1 aromatic carbocycles. The number of benzene rings is 1. The maximum absolute atomic E-state index is 13.8. The molecule has 1 amide bonds. The Morgan fingerprint density at radius 2 is 2.06 bits per heavy atom. The van der Waals surface area contributed by atoms with Crippen LogP contribution in [0.2, 0.25) is 0 Å². The first kappa shape index (κ1) is 25.0. The average molecular weight is 494 g/mol. The quantitative estimate of drug-likeness (QED) is 0.519. The molecule has 2 atom stereocenters. The van der Waals surface area contributed by atoms with Crippen LogP contribution in [0.15, 0.2) is 35.0 Å². The lowest BCUT2D eigenvalue weighted by molar-refractivity contribution is -0.135. The van der Waals surface area contributed by atoms with E-state index in [0.29, 0.717) is 18.9 Å². The van der Waals surface area contributed by atoms with Gasteiger partial charge in [0.25, 0.3) is 0 Å². The lowest BCUT2D eigenvalue weighted by Gasteiger charge is -2.37. The molecule has 194 valence electrons. The molecule has 4 heterocycles. The van der Waals surface area contributed by atoms with Gasteiger partial charge in [-0.15, -0.1) is 0 Å². The van der Waals surface area contributed by atoms with Crippen LogP contribution in [0, 0.1) is 12.8 Å². The second-order valence-corrected chi connectivity index (χ2v) is 10.7. The van der Waals surface area contributed by atoms with Gasteiger partial charge < -0.3 is 18.7 Å². The van der Waals surface area contributed by atoms with Gasteiger partial charge in [0.1, 0.15) is 11.5 Å². The SMILES string of the molecule is COCCN1CCN(C(=O)[C@@H]2Cc3cn(Cc4cc(C)on4)c4cccc(c34)[C@H](CC(C)C)N2)CC1. The number of hydrogen-bond donors (Lipinski definition) is 1. The van der Waals surface area contributed by atoms with Gasteiger partial charge in [0.15, 0.2) is 0 Å². The van der Waals surface area contributed by atoms with Crippen molar-refractivity contribution >= 4 is 16.8 Å². The molecule has 0 unspecified atom stereocenters. The Hall–Kier alpha value is -2.68. The molecule has 1 saturated heterocycles. The van der Waals surface area contributed by atoms with Crippen LogP contribution in [-0.4, -0.2) is 77.9 Å². The zero-order valence-corrected chi connectivity index (χ0v) is 22.0. The van der Waals surface area contributed by atoms with Gasteiger partial charge in [-0.3, -0.25) is 15.0 Å². The van der Waals surface area contributed by atoms with E-state index in [-0.39, 0.29) is 18.0 Å². The van der Waals surface area contributed by atoms with E-state index in [1.54, 1.807) is 7.11 Å². The van der Waals surface area contributed by atoms with E-state index in [1.165, 1.54) is 22.0 Å². The Morgan fingerprint density at radius 3 is 2.75 bits per heavy atom. The summed E-state index contributed by atoms with van der Waals surface area (Å²) in [6.07, 6.45) is 3.90. The predicted octanol–water partition coefficient (Wildman–Crippen LogP) is 3.38. The van der Waals surface area contributed by atoms with E-state index >= 15 is 0 Å². The zero-order chi connectivity index (χ0) is 25.2. The number of rotatable bonds is 8. The number of nitrogens with zero attached hydrogens (tertiary/aromatic N) is 4. The van der Waals surface area contributed by atoms with Crippen molar-refractivity contribution in [3.05, 3.63) is 53.0 Å². The smallest absolute Gasteiger partial charge is 0.240 e. The molecule has 2 aliphatic heterocycles. The summed E-state index contributed by atoms with van der Waals surface area (Å²) in [5.41, 5.74) is 4.63. The van der Waals surface area contributed by atoms with Gasteiger partial charge >= 0.3 is 0 Å².